The van der Waals surface area contributed by atoms with Gasteiger partial charge in [0.2, 0.25) is 0 Å². The first kappa shape index (κ1) is 24.6. The van der Waals surface area contributed by atoms with Gasteiger partial charge in [-0.3, -0.25) is 14.4 Å². The molecule has 2 heterocycles. The van der Waals surface area contributed by atoms with Gasteiger partial charge in [-0.25, -0.2) is 0 Å². The quantitative estimate of drug-likeness (QED) is 0.435. The highest BCUT2D eigenvalue weighted by Gasteiger charge is 2.85. The molecule has 4 rings (SSSR count). The molecule has 0 unspecified atom stereocenters. The molecule has 0 aromatic heterocycles. The van der Waals surface area contributed by atoms with Crippen molar-refractivity contribution < 1.29 is 43.5 Å². The van der Waals surface area contributed by atoms with Gasteiger partial charge in [0.25, 0.3) is 0 Å². The fourth-order valence-corrected chi connectivity index (χ4v) is 6.99. The van der Waals surface area contributed by atoms with Crippen LogP contribution in [0, 0.1) is 22.7 Å². The minimum absolute atomic E-state index is 0.0831. The number of epoxide rings is 1. The lowest BCUT2D eigenvalue weighted by atomic mass is 9.39. The van der Waals surface area contributed by atoms with E-state index in [0.717, 1.165) is 12.8 Å². The van der Waals surface area contributed by atoms with Crippen LogP contribution in [-0.2, 0) is 33.3 Å². The molecule has 4 fully saturated rings. The molecule has 186 valence electrons. The normalized spacial score (nSPS) is 46.7. The Labute approximate surface area is 194 Å². The number of carbonyl (C=O) groups excluding carboxylic acids is 3. The maximum Gasteiger partial charge on any atom is 0.303 e. The van der Waals surface area contributed by atoms with Crippen LogP contribution >= 0.6 is 0 Å². The predicted octanol–water partition coefficient (Wildman–Crippen LogP) is 1.16. The first-order valence-corrected chi connectivity index (χ1v) is 11.9. The average Bonchev–Trinajstić information content (AvgIpc) is 3.37. The van der Waals surface area contributed by atoms with E-state index in [1.165, 1.54) is 13.8 Å². The van der Waals surface area contributed by atoms with E-state index in [1.807, 2.05) is 6.92 Å². The summed E-state index contributed by atoms with van der Waals surface area (Å²) in [5.74, 6) is -1.83. The van der Waals surface area contributed by atoms with Gasteiger partial charge in [-0.05, 0) is 38.0 Å². The Morgan fingerprint density at radius 3 is 2.45 bits per heavy atom. The number of aliphatic hydroxyl groups excluding tert-OH is 1. The van der Waals surface area contributed by atoms with Crippen molar-refractivity contribution >= 4 is 17.7 Å². The van der Waals surface area contributed by atoms with Crippen LogP contribution in [0.2, 0.25) is 0 Å². The van der Waals surface area contributed by atoms with E-state index in [9.17, 15) is 24.6 Å². The highest BCUT2D eigenvalue weighted by molar-refractivity contribution is 5.89. The van der Waals surface area contributed by atoms with E-state index in [2.05, 4.69) is 0 Å². The minimum atomic E-state index is -1.66. The molecule has 2 N–H and O–H groups in total. The van der Waals surface area contributed by atoms with Gasteiger partial charge in [0.15, 0.2) is 5.78 Å². The summed E-state index contributed by atoms with van der Waals surface area (Å²) in [5, 5.41) is 24.0. The van der Waals surface area contributed by atoms with Gasteiger partial charge in [0, 0.05) is 38.4 Å². The van der Waals surface area contributed by atoms with E-state index in [1.54, 1.807) is 6.92 Å². The average molecular weight is 469 g/mol. The van der Waals surface area contributed by atoms with E-state index in [-0.39, 0.29) is 13.0 Å². The second-order valence-electron chi connectivity index (χ2n) is 10.6. The fourth-order valence-electron chi connectivity index (χ4n) is 6.99. The van der Waals surface area contributed by atoms with Crippen LogP contribution in [0.5, 0.6) is 0 Å². The molecule has 2 aliphatic heterocycles. The summed E-state index contributed by atoms with van der Waals surface area (Å²) in [7, 11) is 0. The summed E-state index contributed by atoms with van der Waals surface area (Å²) in [6, 6.07) is 0. The summed E-state index contributed by atoms with van der Waals surface area (Å²) in [4.78, 5) is 37.2. The lowest BCUT2D eigenvalue weighted by Crippen LogP contribution is -2.81. The summed E-state index contributed by atoms with van der Waals surface area (Å²) < 4.78 is 22.4. The minimum Gasteiger partial charge on any atom is -0.465 e. The van der Waals surface area contributed by atoms with E-state index >= 15 is 0 Å². The molecule has 0 aromatic carbocycles. The molecule has 0 bridgehead atoms. The van der Waals surface area contributed by atoms with E-state index < -0.39 is 64.5 Å². The van der Waals surface area contributed by atoms with Crippen molar-refractivity contribution in [2.75, 3.05) is 26.4 Å². The van der Waals surface area contributed by atoms with Gasteiger partial charge >= 0.3 is 11.9 Å². The fraction of sp³-hybridized carbons (Fsp3) is 0.875. The van der Waals surface area contributed by atoms with Crippen LogP contribution in [0.4, 0.5) is 0 Å². The van der Waals surface area contributed by atoms with Crippen LogP contribution in [0.3, 0.4) is 0 Å². The molecular formula is C24H36O9. The summed E-state index contributed by atoms with van der Waals surface area (Å²) in [5.41, 5.74) is -5.50. The zero-order valence-electron chi connectivity index (χ0n) is 19.9. The van der Waals surface area contributed by atoms with Crippen molar-refractivity contribution in [2.24, 2.45) is 22.7 Å². The molecule has 2 saturated heterocycles. The van der Waals surface area contributed by atoms with E-state index in [0.29, 0.717) is 32.0 Å². The van der Waals surface area contributed by atoms with Gasteiger partial charge in [-0.15, -0.1) is 0 Å². The second kappa shape index (κ2) is 8.29. The van der Waals surface area contributed by atoms with E-state index in [4.69, 9.17) is 18.9 Å². The van der Waals surface area contributed by atoms with Crippen molar-refractivity contribution in [3.63, 3.8) is 0 Å². The SMILES string of the molecule is CC(=O)OC[C@@]12[C@@H](O)C(=O)[C@@H](C)[C@](C)(CC[C@H]3CCOC3)[C@@]1(O)CC[C@H](OC(C)=O)[C@]21CO1. The number of carbonyl (C=O) groups is 3. The highest BCUT2D eigenvalue weighted by atomic mass is 16.6. The van der Waals surface area contributed by atoms with Crippen molar-refractivity contribution in [1.82, 2.24) is 0 Å². The Morgan fingerprint density at radius 1 is 1.21 bits per heavy atom. The molecule has 1 spiro atoms. The molecule has 8 atom stereocenters. The van der Waals surface area contributed by atoms with Crippen molar-refractivity contribution in [3.8, 4) is 0 Å². The van der Waals surface area contributed by atoms with Gasteiger partial charge in [0.1, 0.15) is 29.8 Å². The number of hydrogen-bond acceptors (Lipinski definition) is 9. The van der Waals surface area contributed by atoms with Crippen LogP contribution in [0.25, 0.3) is 0 Å². The molecule has 33 heavy (non-hydrogen) atoms. The van der Waals surface area contributed by atoms with Crippen LogP contribution < -0.4 is 0 Å². The summed E-state index contributed by atoms with van der Waals surface area (Å²) in [6.45, 7) is 7.20. The van der Waals surface area contributed by atoms with Gasteiger partial charge in [-0.1, -0.05) is 13.8 Å². The molecule has 0 radical (unpaired) electrons. The Kier molecular flexibility index (Phi) is 6.17. The molecular weight excluding hydrogens is 432 g/mol. The number of aliphatic hydroxyl groups is 2. The zero-order valence-corrected chi connectivity index (χ0v) is 19.9. The summed E-state index contributed by atoms with van der Waals surface area (Å²) >= 11 is 0. The molecule has 4 aliphatic rings. The first-order valence-electron chi connectivity index (χ1n) is 11.9. The standard InChI is InChI=1S/C24H36O9/c1-14-19(27)20(28)22(12-31-15(2)25)23(13-32-23)18(33-16(3)26)6-9-24(22,29)21(14,4)8-5-17-7-10-30-11-17/h14,17-18,20,28-29H,5-13H2,1-4H3/t14-,17+,18+,20+,21+,22+,23-,24+/m1/s1. The Morgan fingerprint density at radius 2 is 1.91 bits per heavy atom. The second-order valence-corrected chi connectivity index (χ2v) is 10.6. The van der Waals surface area contributed by atoms with Crippen molar-refractivity contribution in [3.05, 3.63) is 0 Å². The third-order valence-corrected chi connectivity index (χ3v) is 9.21. The monoisotopic (exact) mass is 468 g/mol. The third kappa shape index (κ3) is 3.38. The number of ketones is 1. The highest BCUT2D eigenvalue weighted by Crippen LogP contribution is 2.70. The molecule has 2 aliphatic carbocycles. The molecule has 9 heteroatoms. The number of fused-ring (bicyclic) bond motifs is 2. The Bertz CT molecular complexity index is 817. The lowest BCUT2D eigenvalue weighted by molar-refractivity contribution is -0.305. The first-order chi connectivity index (χ1) is 15.4. The number of ether oxygens (including phenoxy) is 4. The smallest absolute Gasteiger partial charge is 0.303 e. The maximum absolute atomic E-state index is 13.5. The molecule has 0 amide bonds. The van der Waals surface area contributed by atoms with Crippen molar-refractivity contribution in [1.29, 1.82) is 0 Å². The number of Topliss-reactive ketones (excluding diaryl/α,β-unsaturated/α-hetero) is 1. The van der Waals surface area contributed by atoms with Crippen LogP contribution in [-0.4, -0.2) is 77.8 Å². The Balaban J connectivity index is 1.81. The van der Waals surface area contributed by atoms with Gasteiger partial charge in [-0.2, -0.15) is 0 Å². The topological polar surface area (TPSA) is 132 Å². The van der Waals surface area contributed by atoms with Gasteiger partial charge < -0.3 is 29.2 Å². The number of hydrogen-bond donors (Lipinski definition) is 2. The Hall–Kier alpha value is -1.55. The zero-order chi connectivity index (χ0) is 24.2. The predicted molar refractivity (Wildman–Crippen MR) is 114 cm³/mol. The van der Waals surface area contributed by atoms with Crippen LogP contribution in [0.15, 0.2) is 0 Å². The maximum atomic E-state index is 13.5. The lowest BCUT2D eigenvalue weighted by Gasteiger charge is -2.67. The summed E-state index contributed by atoms with van der Waals surface area (Å²) in [6.07, 6.45) is 0.302. The van der Waals surface area contributed by atoms with Gasteiger partial charge in [0.05, 0.1) is 12.2 Å². The molecule has 9 nitrogen and oxygen atoms in total. The third-order valence-electron chi connectivity index (χ3n) is 9.21. The number of esters is 2. The molecule has 2 saturated carbocycles. The molecule has 0 aromatic rings. The largest absolute Gasteiger partial charge is 0.465 e. The van der Waals surface area contributed by atoms with Crippen LogP contribution in [0.1, 0.15) is 59.8 Å². The van der Waals surface area contributed by atoms with Crippen molar-refractivity contribution in [2.45, 2.75) is 83.2 Å². The number of rotatable bonds is 6.